The molecule has 0 aliphatic heterocycles. The number of hydrogen-bond donors (Lipinski definition) is 0. The van der Waals surface area contributed by atoms with E-state index in [9.17, 15) is 18.0 Å². The van der Waals surface area contributed by atoms with Crippen molar-refractivity contribution in [2.24, 2.45) is 0 Å². The van der Waals surface area contributed by atoms with Crippen LogP contribution in [0.1, 0.15) is 22.3 Å². The third kappa shape index (κ3) is 4.34. The SMILES string of the molecule is Cc1ccc(CC(=O)Cc2ccc(C(F)(F)F)cc2)cc1Cl. The fourth-order valence-electron chi connectivity index (χ4n) is 2.08. The van der Waals surface area contributed by atoms with Gasteiger partial charge in [-0.3, -0.25) is 4.79 Å². The molecule has 0 bridgehead atoms. The Morgan fingerprint density at radius 1 is 1.00 bits per heavy atom. The second-order valence-electron chi connectivity index (χ2n) is 5.17. The van der Waals surface area contributed by atoms with Gasteiger partial charge in [0, 0.05) is 17.9 Å². The third-order valence-electron chi connectivity index (χ3n) is 3.32. The molecule has 0 aliphatic carbocycles. The van der Waals surface area contributed by atoms with Crippen LogP contribution in [0.2, 0.25) is 5.02 Å². The molecule has 2 aromatic rings. The molecule has 0 amide bonds. The Morgan fingerprint density at radius 3 is 2.09 bits per heavy atom. The molecule has 22 heavy (non-hydrogen) atoms. The second-order valence-corrected chi connectivity index (χ2v) is 5.58. The Kier molecular flexibility index (Phi) is 4.91. The minimum absolute atomic E-state index is 0.0697. The summed E-state index contributed by atoms with van der Waals surface area (Å²) in [4.78, 5) is 12.0. The Morgan fingerprint density at radius 2 is 1.55 bits per heavy atom. The molecule has 0 saturated heterocycles. The van der Waals surface area contributed by atoms with E-state index in [0.717, 1.165) is 23.3 Å². The highest BCUT2D eigenvalue weighted by Crippen LogP contribution is 2.29. The van der Waals surface area contributed by atoms with Crippen LogP contribution in [0.25, 0.3) is 0 Å². The smallest absolute Gasteiger partial charge is 0.299 e. The van der Waals surface area contributed by atoms with Gasteiger partial charge in [0.05, 0.1) is 5.56 Å². The summed E-state index contributed by atoms with van der Waals surface area (Å²) in [6.07, 6.45) is -4.05. The van der Waals surface area contributed by atoms with Crippen LogP contribution in [0.5, 0.6) is 0 Å². The van der Waals surface area contributed by atoms with Crippen LogP contribution in [-0.4, -0.2) is 5.78 Å². The molecule has 0 saturated carbocycles. The van der Waals surface area contributed by atoms with E-state index in [1.807, 2.05) is 19.1 Å². The van der Waals surface area contributed by atoms with Crippen molar-refractivity contribution >= 4 is 17.4 Å². The molecule has 5 heteroatoms. The lowest BCUT2D eigenvalue weighted by atomic mass is 10.0. The highest BCUT2D eigenvalue weighted by molar-refractivity contribution is 6.31. The van der Waals surface area contributed by atoms with Crippen LogP contribution in [-0.2, 0) is 23.8 Å². The topological polar surface area (TPSA) is 17.1 Å². The first kappa shape index (κ1) is 16.6. The summed E-state index contributed by atoms with van der Waals surface area (Å²) >= 11 is 6.00. The molecule has 2 aromatic carbocycles. The summed E-state index contributed by atoms with van der Waals surface area (Å²) < 4.78 is 37.4. The molecule has 0 radical (unpaired) electrons. The minimum Gasteiger partial charge on any atom is -0.299 e. The average Bonchev–Trinajstić information content (AvgIpc) is 2.42. The molecule has 0 heterocycles. The summed E-state index contributed by atoms with van der Waals surface area (Å²) in [6.45, 7) is 1.87. The first-order valence-electron chi connectivity index (χ1n) is 6.68. The van der Waals surface area contributed by atoms with Gasteiger partial charge < -0.3 is 0 Å². The van der Waals surface area contributed by atoms with Gasteiger partial charge in [-0.05, 0) is 41.8 Å². The van der Waals surface area contributed by atoms with Crippen molar-refractivity contribution in [2.45, 2.75) is 25.9 Å². The summed E-state index contributed by atoms with van der Waals surface area (Å²) in [5, 5.41) is 0.597. The third-order valence-corrected chi connectivity index (χ3v) is 3.73. The van der Waals surface area contributed by atoms with E-state index in [1.165, 1.54) is 12.1 Å². The Hall–Kier alpha value is -1.81. The zero-order chi connectivity index (χ0) is 16.3. The maximum Gasteiger partial charge on any atom is 0.416 e. The van der Waals surface area contributed by atoms with Crippen molar-refractivity contribution in [3.63, 3.8) is 0 Å². The van der Waals surface area contributed by atoms with Crippen molar-refractivity contribution in [3.8, 4) is 0 Å². The highest BCUT2D eigenvalue weighted by atomic mass is 35.5. The number of ketones is 1. The fraction of sp³-hybridized carbons (Fsp3) is 0.235. The molecule has 0 atom stereocenters. The Labute approximate surface area is 131 Å². The lowest BCUT2D eigenvalue weighted by Crippen LogP contribution is -2.08. The molecule has 1 nitrogen and oxygen atoms in total. The Bertz CT molecular complexity index is 675. The molecule has 0 N–H and O–H groups in total. The predicted octanol–water partition coefficient (Wildman–Crippen LogP) is 5.02. The molecule has 116 valence electrons. The minimum atomic E-state index is -4.36. The average molecular weight is 327 g/mol. The number of Topliss-reactive ketones (excluding diaryl/α,β-unsaturated/α-hetero) is 1. The van der Waals surface area contributed by atoms with Crippen LogP contribution < -0.4 is 0 Å². The predicted molar refractivity (Wildman–Crippen MR) is 80.0 cm³/mol. The molecule has 0 aromatic heterocycles. The van der Waals surface area contributed by atoms with E-state index in [2.05, 4.69) is 0 Å². The van der Waals surface area contributed by atoms with Crippen molar-refractivity contribution in [1.29, 1.82) is 0 Å². The van der Waals surface area contributed by atoms with Crippen LogP contribution in [0.3, 0.4) is 0 Å². The number of alkyl halides is 3. The number of carbonyl (C=O) groups excluding carboxylic acids is 1. The van der Waals surface area contributed by atoms with Gasteiger partial charge in [0.25, 0.3) is 0 Å². The summed E-state index contributed by atoms with van der Waals surface area (Å²) in [5.41, 5.74) is 1.58. The van der Waals surface area contributed by atoms with Gasteiger partial charge >= 0.3 is 6.18 Å². The normalized spacial score (nSPS) is 11.5. The van der Waals surface area contributed by atoms with Gasteiger partial charge in [-0.25, -0.2) is 0 Å². The van der Waals surface area contributed by atoms with Crippen molar-refractivity contribution in [1.82, 2.24) is 0 Å². The number of carbonyl (C=O) groups is 1. The maximum atomic E-state index is 12.5. The highest BCUT2D eigenvalue weighted by Gasteiger charge is 2.29. The summed E-state index contributed by atoms with van der Waals surface area (Å²) in [7, 11) is 0. The molecule has 2 rings (SSSR count). The number of aryl methyl sites for hydroxylation is 1. The number of halogens is 4. The van der Waals surface area contributed by atoms with Crippen molar-refractivity contribution in [3.05, 3.63) is 69.7 Å². The van der Waals surface area contributed by atoms with Gasteiger partial charge in [-0.15, -0.1) is 0 Å². The lowest BCUT2D eigenvalue weighted by molar-refractivity contribution is -0.137. The van der Waals surface area contributed by atoms with Gasteiger partial charge in [-0.2, -0.15) is 13.2 Å². The van der Waals surface area contributed by atoms with E-state index in [4.69, 9.17) is 11.6 Å². The van der Waals surface area contributed by atoms with E-state index in [1.54, 1.807) is 6.07 Å². The number of rotatable bonds is 4. The molecular formula is C17H14ClF3O. The zero-order valence-electron chi connectivity index (χ0n) is 11.9. The molecule has 0 fully saturated rings. The van der Waals surface area contributed by atoms with Crippen molar-refractivity contribution in [2.75, 3.05) is 0 Å². The van der Waals surface area contributed by atoms with Gasteiger partial charge in [0.1, 0.15) is 5.78 Å². The first-order chi connectivity index (χ1) is 10.3. The van der Waals surface area contributed by atoms with E-state index >= 15 is 0 Å². The monoisotopic (exact) mass is 326 g/mol. The van der Waals surface area contributed by atoms with Crippen LogP contribution in [0, 0.1) is 6.92 Å². The zero-order valence-corrected chi connectivity index (χ0v) is 12.6. The van der Waals surface area contributed by atoms with E-state index in [0.29, 0.717) is 10.6 Å². The molecular weight excluding hydrogens is 313 g/mol. The van der Waals surface area contributed by atoms with Crippen molar-refractivity contribution < 1.29 is 18.0 Å². The maximum absolute atomic E-state index is 12.5. The summed E-state index contributed by atoms with van der Waals surface area (Å²) in [5.74, 6) is -0.0697. The van der Waals surface area contributed by atoms with Gasteiger partial charge in [0.15, 0.2) is 0 Å². The molecule has 0 spiro atoms. The standard InChI is InChI=1S/C17H14ClF3O/c1-11-2-3-13(10-16(11)18)9-15(22)8-12-4-6-14(7-5-12)17(19,20)21/h2-7,10H,8-9H2,1H3. The fourth-order valence-corrected chi connectivity index (χ4v) is 2.28. The van der Waals surface area contributed by atoms with Crippen LogP contribution in [0.4, 0.5) is 13.2 Å². The number of benzene rings is 2. The van der Waals surface area contributed by atoms with Crippen LogP contribution in [0.15, 0.2) is 42.5 Å². The molecule has 0 unspecified atom stereocenters. The van der Waals surface area contributed by atoms with Gasteiger partial charge in [-0.1, -0.05) is 35.9 Å². The Balaban J connectivity index is 2.01. The van der Waals surface area contributed by atoms with Gasteiger partial charge in [0.2, 0.25) is 0 Å². The quantitative estimate of drug-likeness (QED) is 0.771. The lowest BCUT2D eigenvalue weighted by Gasteiger charge is -2.08. The van der Waals surface area contributed by atoms with E-state index < -0.39 is 11.7 Å². The van der Waals surface area contributed by atoms with Crippen LogP contribution >= 0.6 is 11.6 Å². The van der Waals surface area contributed by atoms with E-state index in [-0.39, 0.29) is 18.6 Å². The first-order valence-corrected chi connectivity index (χ1v) is 7.06. The summed E-state index contributed by atoms with van der Waals surface area (Å²) in [6, 6.07) is 10.1. The largest absolute Gasteiger partial charge is 0.416 e. The second kappa shape index (κ2) is 6.53. The molecule has 0 aliphatic rings. The number of hydrogen-bond acceptors (Lipinski definition) is 1.